The van der Waals surface area contributed by atoms with Crippen molar-refractivity contribution in [3.63, 3.8) is 0 Å². The van der Waals surface area contributed by atoms with E-state index in [1.807, 2.05) is 6.92 Å². The fourth-order valence-corrected chi connectivity index (χ4v) is 2.89. The average Bonchev–Trinajstić information content (AvgIpc) is 2.64. The first-order valence-corrected chi connectivity index (χ1v) is 7.75. The number of benzene rings is 1. The Morgan fingerprint density at radius 2 is 1.87 bits per heavy atom. The number of rotatable bonds is 5. The Balaban J connectivity index is 2.48. The molecule has 1 heterocycles. The maximum Gasteiger partial charge on any atom is 0.307 e. The summed E-state index contributed by atoms with van der Waals surface area (Å²) in [6, 6.07) is 7.11. The van der Waals surface area contributed by atoms with E-state index in [0.717, 1.165) is 17.2 Å². The van der Waals surface area contributed by atoms with Crippen molar-refractivity contribution in [3.05, 3.63) is 35.0 Å². The fourth-order valence-electron chi connectivity index (χ4n) is 2.89. The molecule has 6 nitrogen and oxygen atoms in total. The molecule has 0 saturated carbocycles. The summed E-state index contributed by atoms with van der Waals surface area (Å²) in [6.45, 7) is 8.80. The first-order chi connectivity index (χ1) is 10.7. The Morgan fingerprint density at radius 1 is 1.30 bits per heavy atom. The van der Waals surface area contributed by atoms with Crippen LogP contribution in [0.3, 0.4) is 0 Å². The zero-order valence-corrected chi connectivity index (χ0v) is 14.3. The van der Waals surface area contributed by atoms with Crippen LogP contribution in [0.4, 0.5) is 0 Å². The second kappa shape index (κ2) is 5.94. The van der Waals surface area contributed by atoms with Gasteiger partial charge >= 0.3 is 5.66 Å². The number of Topliss-reactive ketones (excluding diaryl/α,β-unsaturated/α-hetero) is 1. The first-order valence-electron chi connectivity index (χ1n) is 7.75. The van der Waals surface area contributed by atoms with E-state index >= 15 is 0 Å². The molecule has 0 aliphatic carbocycles. The van der Waals surface area contributed by atoms with Crippen LogP contribution in [-0.2, 0) is 4.79 Å². The highest BCUT2D eigenvalue weighted by atomic mass is 16.6. The predicted molar refractivity (Wildman–Crippen MR) is 86.8 cm³/mol. The lowest BCUT2D eigenvalue weighted by Crippen LogP contribution is -2.57. The molecule has 0 radical (unpaired) electrons. The van der Waals surface area contributed by atoms with Crippen LogP contribution >= 0.6 is 0 Å². The molecule has 1 atom stereocenters. The van der Waals surface area contributed by atoms with Crippen molar-refractivity contribution in [2.75, 3.05) is 6.61 Å². The van der Waals surface area contributed by atoms with Gasteiger partial charge in [-0.3, -0.25) is 4.79 Å². The lowest BCUT2D eigenvalue weighted by atomic mass is 9.92. The van der Waals surface area contributed by atoms with Gasteiger partial charge in [0.25, 0.3) is 0 Å². The lowest BCUT2D eigenvalue weighted by Gasteiger charge is -2.30. The first kappa shape index (κ1) is 17.4. The molecular weight excluding hydrogens is 296 g/mol. The topological polar surface area (TPSA) is 75.8 Å². The third kappa shape index (κ3) is 2.62. The molecule has 126 valence electrons. The van der Waals surface area contributed by atoms with E-state index in [1.54, 1.807) is 38.1 Å². The van der Waals surface area contributed by atoms with E-state index in [0.29, 0.717) is 22.6 Å². The second-order valence-electron chi connectivity index (χ2n) is 6.46. The quantitative estimate of drug-likeness (QED) is 0.666. The highest BCUT2D eigenvalue weighted by Gasteiger charge is 2.62. The third-order valence-electron chi connectivity index (χ3n) is 4.39. The maximum absolute atomic E-state index is 12.8. The van der Waals surface area contributed by atoms with Crippen molar-refractivity contribution >= 4 is 11.5 Å². The molecule has 0 unspecified atom stereocenters. The minimum absolute atomic E-state index is 0.347. The monoisotopic (exact) mass is 320 g/mol. The van der Waals surface area contributed by atoms with Crippen LogP contribution in [0.25, 0.3) is 0 Å². The molecule has 6 heteroatoms. The standard InChI is InChI=1S/C17H24N2O4/c1-6-11-23-14-9-7-13(8-10-14)15-16(3,4)19(22)17(5,12(2)20)18(15)21/h7-10,22H,6,11H2,1-5H3/t17-/m1/s1. The summed E-state index contributed by atoms with van der Waals surface area (Å²) in [6.07, 6.45) is 0.914. The van der Waals surface area contributed by atoms with Crippen LogP contribution in [0, 0.1) is 5.21 Å². The molecule has 1 N–H and O–H groups in total. The minimum atomic E-state index is -1.63. The normalized spacial score (nSPS) is 24.1. The van der Waals surface area contributed by atoms with Gasteiger partial charge in [0.1, 0.15) is 11.3 Å². The summed E-state index contributed by atoms with van der Waals surface area (Å²) in [7, 11) is 0. The highest BCUT2D eigenvalue weighted by Crippen LogP contribution is 2.36. The van der Waals surface area contributed by atoms with Gasteiger partial charge in [-0.15, -0.1) is 5.06 Å². The Morgan fingerprint density at radius 3 is 2.30 bits per heavy atom. The van der Waals surface area contributed by atoms with Crippen molar-refractivity contribution in [1.82, 2.24) is 5.06 Å². The number of ketones is 1. The van der Waals surface area contributed by atoms with Gasteiger partial charge in [-0.1, -0.05) is 6.92 Å². The van der Waals surface area contributed by atoms with Gasteiger partial charge < -0.3 is 15.2 Å². The maximum atomic E-state index is 12.8. The molecule has 2 rings (SSSR count). The summed E-state index contributed by atoms with van der Waals surface area (Å²) < 4.78 is 6.15. The lowest BCUT2D eigenvalue weighted by molar-refractivity contribution is -0.565. The van der Waals surface area contributed by atoms with Crippen LogP contribution < -0.4 is 4.74 Å². The SMILES string of the molecule is CCCOc1ccc(C2=[N+]([O-])[C@@](C)(C(C)=O)N(O)C2(C)C)cc1. The van der Waals surface area contributed by atoms with Crippen molar-refractivity contribution in [2.45, 2.75) is 52.2 Å². The molecule has 0 amide bonds. The van der Waals surface area contributed by atoms with Gasteiger partial charge in [-0.2, -0.15) is 4.74 Å². The third-order valence-corrected chi connectivity index (χ3v) is 4.39. The van der Waals surface area contributed by atoms with Crippen LogP contribution in [0.5, 0.6) is 5.75 Å². The highest BCUT2D eigenvalue weighted by molar-refractivity contribution is 6.06. The zero-order chi connectivity index (χ0) is 17.4. The molecule has 1 aromatic rings. The van der Waals surface area contributed by atoms with Crippen molar-refractivity contribution in [1.29, 1.82) is 0 Å². The van der Waals surface area contributed by atoms with Gasteiger partial charge in [0, 0.05) is 19.4 Å². The molecule has 1 aliphatic rings. The molecule has 0 spiro atoms. The van der Waals surface area contributed by atoms with Crippen molar-refractivity contribution < 1.29 is 19.5 Å². The number of hydrogen-bond donors (Lipinski definition) is 1. The molecule has 23 heavy (non-hydrogen) atoms. The number of hydroxylamine groups is 3. The number of carbonyl (C=O) groups is 1. The van der Waals surface area contributed by atoms with Crippen LogP contribution in [-0.4, -0.2) is 44.3 Å². The number of ether oxygens (including phenoxy) is 1. The van der Waals surface area contributed by atoms with E-state index < -0.39 is 17.0 Å². The largest absolute Gasteiger partial charge is 0.622 e. The number of hydrogen-bond acceptors (Lipinski definition) is 5. The van der Waals surface area contributed by atoms with E-state index in [1.165, 1.54) is 13.8 Å². The molecule has 1 aromatic carbocycles. The smallest absolute Gasteiger partial charge is 0.307 e. The van der Waals surface area contributed by atoms with Crippen molar-refractivity contribution in [2.24, 2.45) is 0 Å². The number of nitrogens with zero attached hydrogens (tertiary/aromatic N) is 2. The predicted octanol–water partition coefficient (Wildman–Crippen LogP) is 2.56. The Hall–Kier alpha value is -1.92. The molecule has 0 bridgehead atoms. The average molecular weight is 320 g/mol. The summed E-state index contributed by atoms with van der Waals surface area (Å²) >= 11 is 0. The molecular formula is C17H24N2O4. The van der Waals surface area contributed by atoms with Crippen molar-refractivity contribution in [3.8, 4) is 5.75 Å². The van der Waals surface area contributed by atoms with Crippen LogP contribution in [0.1, 0.15) is 46.6 Å². The summed E-state index contributed by atoms with van der Waals surface area (Å²) in [4.78, 5) is 11.9. The number of carbonyl (C=O) groups excluding carboxylic acids is 1. The van der Waals surface area contributed by atoms with Crippen LogP contribution in [0.2, 0.25) is 0 Å². The molecule has 0 fully saturated rings. The zero-order valence-electron chi connectivity index (χ0n) is 14.3. The van der Waals surface area contributed by atoms with E-state index in [2.05, 4.69) is 0 Å². The van der Waals surface area contributed by atoms with Gasteiger partial charge in [0.05, 0.1) is 6.61 Å². The molecule has 1 aliphatic heterocycles. The fraction of sp³-hybridized carbons (Fsp3) is 0.529. The van der Waals surface area contributed by atoms with Gasteiger partial charge in [0.15, 0.2) is 0 Å². The summed E-state index contributed by atoms with van der Waals surface area (Å²) in [5.41, 5.74) is -1.62. The van der Waals surface area contributed by atoms with Gasteiger partial charge in [0.2, 0.25) is 11.5 Å². The molecule has 0 saturated heterocycles. The Labute approximate surface area is 136 Å². The minimum Gasteiger partial charge on any atom is -0.622 e. The van der Waals surface area contributed by atoms with Gasteiger partial charge in [-0.25, -0.2) is 0 Å². The van der Waals surface area contributed by atoms with Crippen LogP contribution in [0.15, 0.2) is 24.3 Å². The van der Waals surface area contributed by atoms with Gasteiger partial charge in [-0.05, 0) is 44.5 Å². The Bertz CT molecular complexity index is 636. The van der Waals surface area contributed by atoms with E-state index in [-0.39, 0.29) is 0 Å². The molecule has 0 aromatic heterocycles. The van der Waals surface area contributed by atoms with E-state index in [9.17, 15) is 15.2 Å². The summed E-state index contributed by atoms with van der Waals surface area (Å²) in [5.74, 6) is 0.306. The second-order valence-corrected chi connectivity index (χ2v) is 6.46. The Kier molecular flexibility index (Phi) is 4.50. The van der Waals surface area contributed by atoms with E-state index in [4.69, 9.17) is 4.74 Å². The summed E-state index contributed by atoms with van der Waals surface area (Å²) in [5, 5.41) is 24.1.